The average molecular weight is 340 g/mol. The zero-order valence-corrected chi connectivity index (χ0v) is 14.2. The van der Waals surface area contributed by atoms with Gasteiger partial charge in [-0.15, -0.1) is 0 Å². The maximum Gasteiger partial charge on any atom is 0.190 e. The Bertz CT molecular complexity index is 470. The summed E-state index contributed by atoms with van der Waals surface area (Å²) < 4.78 is 30.5. The number of rotatable bonds is 1. The molecule has 24 heavy (non-hydrogen) atoms. The van der Waals surface area contributed by atoms with E-state index in [0.717, 1.165) is 51.4 Å². The summed E-state index contributed by atoms with van der Waals surface area (Å²) in [6.45, 7) is 0.478. The molecular weight excluding hydrogens is 312 g/mol. The standard InChI is InChI=1S/C18H28O6/c19-13-14(12-11-20-17(22-12)7-3-1-4-8-17)21-16-15(13)23-18(24-16)9-5-2-6-10-18/h12-16,19H,1-11H2/t12-,13+,14-,15+,16+/m0/s1. The van der Waals surface area contributed by atoms with E-state index in [4.69, 9.17) is 23.7 Å². The van der Waals surface area contributed by atoms with Gasteiger partial charge in [0.2, 0.25) is 0 Å². The molecule has 0 aromatic carbocycles. The van der Waals surface area contributed by atoms with Crippen LogP contribution in [0.15, 0.2) is 0 Å². The lowest BCUT2D eigenvalue weighted by Crippen LogP contribution is -2.44. The minimum Gasteiger partial charge on any atom is -0.387 e. The van der Waals surface area contributed by atoms with E-state index in [0.29, 0.717) is 6.61 Å². The van der Waals surface area contributed by atoms with Gasteiger partial charge in [0.15, 0.2) is 17.9 Å². The second-order valence-corrected chi connectivity index (χ2v) is 8.07. The summed E-state index contributed by atoms with van der Waals surface area (Å²) >= 11 is 0. The van der Waals surface area contributed by atoms with E-state index in [2.05, 4.69) is 0 Å². The molecule has 136 valence electrons. The molecule has 2 spiro atoms. The summed E-state index contributed by atoms with van der Waals surface area (Å²) in [5.41, 5.74) is 0. The summed E-state index contributed by atoms with van der Waals surface area (Å²) in [4.78, 5) is 0. The quantitative estimate of drug-likeness (QED) is 0.789. The third-order valence-corrected chi connectivity index (χ3v) is 6.39. The molecule has 6 heteroatoms. The number of ether oxygens (including phenoxy) is 5. The average Bonchev–Trinajstić information content (AvgIpc) is 3.23. The van der Waals surface area contributed by atoms with Crippen molar-refractivity contribution in [1.82, 2.24) is 0 Å². The van der Waals surface area contributed by atoms with Crippen LogP contribution >= 0.6 is 0 Å². The lowest BCUT2D eigenvalue weighted by atomic mass is 9.94. The minimum absolute atomic E-state index is 0.238. The van der Waals surface area contributed by atoms with E-state index in [1.54, 1.807) is 0 Å². The maximum absolute atomic E-state index is 10.8. The lowest BCUT2D eigenvalue weighted by Gasteiger charge is -2.34. The van der Waals surface area contributed by atoms with Gasteiger partial charge in [-0.2, -0.15) is 0 Å². The fourth-order valence-electron chi connectivity index (χ4n) is 5.09. The number of hydrogen-bond acceptors (Lipinski definition) is 6. The molecule has 2 aliphatic carbocycles. The van der Waals surface area contributed by atoms with Crippen molar-refractivity contribution in [3.8, 4) is 0 Å². The molecule has 3 saturated heterocycles. The van der Waals surface area contributed by atoms with E-state index in [1.165, 1.54) is 12.8 Å². The number of aliphatic hydroxyl groups is 1. The molecule has 5 aliphatic rings. The molecule has 0 amide bonds. The highest BCUT2D eigenvalue weighted by Gasteiger charge is 2.60. The molecule has 2 saturated carbocycles. The van der Waals surface area contributed by atoms with Crippen LogP contribution in [0.25, 0.3) is 0 Å². The SMILES string of the molecule is O[C@@H]1[C@H]([C@@H]2COC3(CCCCC3)O2)O[C@@H]2OC3(CCCCC3)O[C@@H]21. The van der Waals surface area contributed by atoms with Crippen molar-refractivity contribution >= 4 is 0 Å². The Morgan fingerprint density at radius 3 is 2.04 bits per heavy atom. The highest BCUT2D eigenvalue weighted by Crippen LogP contribution is 2.47. The van der Waals surface area contributed by atoms with Crippen molar-refractivity contribution in [3.63, 3.8) is 0 Å². The van der Waals surface area contributed by atoms with Crippen LogP contribution in [0.2, 0.25) is 0 Å². The van der Waals surface area contributed by atoms with Crippen LogP contribution in [-0.2, 0) is 23.7 Å². The zero-order valence-electron chi connectivity index (χ0n) is 14.2. The molecule has 3 aliphatic heterocycles. The summed E-state index contributed by atoms with van der Waals surface area (Å²) in [5, 5.41) is 10.8. The molecule has 5 fully saturated rings. The topological polar surface area (TPSA) is 66.4 Å². The van der Waals surface area contributed by atoms with Gasteiger partial charge in [0, 0.05) is 25.7 Å². The Morgan fingerprint density at radius 1 is 0.708 bits per heavy atom. The second kappa shape index (κ2) is 5.89. The zero-order chi connectivity index (χ0) is 16.2. The van der Waals surface area contributed by atoms with Gasteiger partial charge in [-0.25, -0.2) is 0 Å². The van der Waals surface area contributed by atoms with Crippen molar-refractivity contribution in [3.05, 3.63) is 0 Å². The fraction of sp³-hybridized carbons (Fsp3) is 1.00. The molecule has 3 heterocycles. The van der Waals surface area contributed by atoms with Crippen LogP contribution in [0.3, 0.4) is 0 Å². The van der Waals surface area contributed by atoms with Crippen molar-refractivity contribution in [1.29, 1.82) is 0 Å². The summed E-state index contributed by atoms with van der Waals surface area (Å²) in [6.07, 6.45) is 8.38. The van der Waals surface area contributed by atoms with E-state index >= 15 is 0 Å². The Hall–Kier alpha value is -0.240. The van der Waals surface area contributed by atoms with Crippen molar-refractivity contribution < 1.29 is 28.8 Å². The first-order valence-corrected chi connectivity index (χ1v) is 9.70. The molecule has 0 aromatic heterocycles. The number of hydrogen-bond donors (Lipinski definition) is 1. The van der Waals surface area contributed by atoms with Gasteiger partial charge in [0.25, 0.3) is 0 Å². The third-order valence-electron chi connectivity index (χ3n) is 6.39. The normalized spacial score (nSPS) is 46.6. The van der Waals surface area contributed by atoms with Crippen molar-refractivity contribution in [2.24, 2.45) is 0 Å². The Morgan fingerprint density at radius 2 is 1.38 bits per heavy atom. The molecule has 1 N–H and O–H groups in total. The molecule has 0 unspecified atom stereocenters. The molecular formula is C18H28O6. The monoisotopic (exact) mass is 340 g/mol. The smallest absolute Gasteiger partial charge is 0.190 e. The summed E-state index contributed by atoms with van der Waals surface area (Å²) in [7, 11) is 0. The van der Waals surface area contributed by atoms with E-state index in [-0.39, 0.29) is 6.10 Å². The van der Waals surface area contributed by atoms with Gasteiger partial charge < -0.3 is 28.8 Å². The highest BCUT2D eigenvalue weighted by molar-refractivity contribution is 5.00. The Balaban J connectivity index is 1.24. The minimum atomic E-state index is -0.719. The predicted octanol–water partition coefficient (Wildman–Crippen LogP) is 2.22. The van der Waals surface area contributed by atoms with Crippen LogP contribution < -0.4 is 0 Å². The van der Waals surface area contributed by atoms with Gasteiger partial charge in [0.05, 0.1) is 6.61 Å². The molecule has 5 atom stereocenters. The number of aliphatic hydroxyl groups excluding tert-OH is 1. The van der Waals surface area contributed by atoms with Crippen LogP contribution in [0.5, 0.6) is 0 Å². The Kier molecular flexibility index (Phi) is 3.92. The third kappa shape index (κ3) is 2.54. The van der Waals surface area contributed by atoms with Crippen LogP contribution in [0.1, 0.15) is 64.2 Å². The van der Waals surface area contributed by atoms with Crippen molar-refractivity contribution in [2.75, 3.05) is 6.61 Å². The van der Waals surface area contributed by atoms with Gasteiger partial charge in [-0.05, 0) is 25.7 Å². The predicted molar refractivity (Wildman–Crippen MR) is 83.1 cm³/mol. The fourth-order valence-corrected chi connectivity index (χ4v) is 5.09. The molecule has 0 aromatic rings. The van der Waals surface area contributed by atoms with Gasteiger partial charge in [-0.3, -0.25) is 0 Å². The van der Waals surface area contributed by atoms with Crippen LogP contribution in [0, 0.1) is 0 Å². The first-order chi connectivity index (χ1) is 11.7. The first kappa shape index (κ1) is 16.0. The van der Waals surface area contributed by atoms with Crippen LogP contribution in [-0.4, -0.2) is 54.0 Å². The highest BCUT2D eigenvalue weighted by atomic mass is 16.8. The lowest BCUT2D eigenvalue weighted by molar-refractivity contribution is -0.259. The van der Waals surface area contributed by atoms with Crippen molar-refractivity contribution in [2.45, 2.75) is 106 Å². The molecule has 0 radical (unpaired) electrons. The number of fused-ring (bicyclic) bond motifs is 1. The maximum atomic E-state index is 10.8. The summed E-state index contributed by atoms with van der Waals surface area (Å²) in [6, 6.07) is 0. The van der Waals surface area contributed by atoms with E-state index in [9.17, 15) is 5.11 Å². The van der Waals surface area contributed by atoms with Gasteiger partial charge in [0.1, 0.15) is 24.4 Å². The van der Waals surface area contributed by atoms with Gasteiger partial charge in [-0.1, -0.05) is 12.8 Å². The molecule has 5 rings (SSSR count). The van der Waals surface area contributed by atoms with Crippen LogP contribution in [0.4, 0.5) is 0 Å². The summed E-state index contributed by atoms with van der Waals surface area (Å²) in [5.74, 6) is -0.979. The van der Waals surface area contributed by atoms with Gasteiger partial charge >= 0.3 is 0 Å². The van der Waals surface area contributed by atoms with E-state index in [1.807, 2.05) is 0 Å². The Labute approximate surface area is 142 Å². The molecule has 6 nitrogen and oxygen atoms in total. The van der Waals surface area contributed by atoms with E-state index < -0.39 is 36.2 Å². The molecule has 0 bridgehead atoms. The largest absolute Gasteiger partial charge is 0.387 e. The second-order valence-electron chi connectivity index (χ2n) is 8.07. The first-order valence-electron chi connectivity index (χ1n) is 9.70.